The summed E-state index contributed by atoms with van der Waals surface area (Å²) in [6, 6.07) is -0.583. The zero-order valence-corrected chi connectivity index (χ0v) is 10.4. The maximum atomic E-state index is 11.4. The predicted octanol–water partition coefficient (Wildman–Crippen LogP) is 0.600. The van der Waals surface area contributed by atoms with Crippen molar-refractivity contribution >= 4 is 11.9 Å². The summed E-state index contributed by atoms with van der Waals surface area (Å²) < 4.78 is 0. The van der Waals surface area contributed by atoms with Crippen LogP contribution in [0.25, 0.3) is 0 Å². The highest BCUT2D eigenvalue weighted by molar-refractivity contribution is 5.84. The third-order valence-electron chi connectivity index (χ3n) is 2.01. The molecule has 0 aliphatic rings. The van der Waals surface area contributed by atoms with Crippen molar-refractivity contribution < 1.29 is 14.7 Å². The van der Waals surface area contributed by atoms with Crippen LogP contribution in [0.15, 0.2) is 0 Å². The molecule has 0 rings (SSSR count). The molecular weight excluding hydrogens is 208 g/mol. The van der Waals surface area contributed by atoms with Gasteiger partial charge in [-0.1, -0.05) is 27.7 Å². The van der Waals surface area contributed by atoms with Gasteiger partial charge in [0.2, 0.25) is 5.91 Å². The zero-order chi connectivity index (χ0) is 12.7. The number of amides is 1. The second-order valence-electron chi connectivity index (χ2n) is 4.62. The van der Waals surface area contributed by atoms with Crippen LogP contribution in [0.1, 0.15) is 34.1 Å². The molecule has 0 aromatic rings. The summed E-state index contributed by atoms with van der Waals surface area (Å²) in [7, 11) is 0. The minimum Gasteiger partial charge on any atom is -0.480 e. The maximum Gasteiger partial charge on any atom is 0.326 e. The van der Waals surface area contributed by atoms with E-state index >= 15 is 0 Å². The van der Waals surface area contributed by atoms with Crippen LogP contribution in [0.2, 0.25) is 0 Å². The highest BCUT2D eigenvalue weighted by Crippen LogP contribution is 2.04. The van der Waals surface area contributed by atoms with Crippen molar-refractivity contribution in [3.8, 4) is 0 Å². The molecule has 0 saturated carbocycles. The first-order valence-electron chi connectivity index (χ1n) is 5.58. The van der Waals surface area contributed by atoms with Gasteiger partial charge >= 0.3 is 5.97 Å². The molecular formula is C11H22N2O3. The zero-order valence-electron chi connectivity index (χ0n) is 10.4. The number of nitrogens with one attached hydrogen (secondary N) is 2. The minimum atomic E-state index is -0.980. The van der Waals surface area contributed by atoms with Crippen molar-refractivity contribution in [3.63, 3.8) is 0 Å². The second-order valence-corrected chi connectivity index (χ2v) is 4.62. The van der Waals surface area contributed by atoms with Gasteiger partial charge in [0.15, 0.2) is 0 Å². The van der Waals surface area contributed by atoms with E-state index in [4.69, 9.17) is 5.11 Å². The molecule has 0 spiro atoms. The first-order chi connectivity index (χ1) is 7.32. The Kier molecular flexibility index (Phi) is 6.72. The van der Waals surface area contributed by atoms with E-state index < -0.39 is 12.0 Å². The summed E-state index contributed by atoms with van der Waals surface area (Å²) in [6.45, 7) is 7.86. The monoisotopic (exact) mass is 230 g/mol. The molecule has 5 nitrogen and oxygen atoms in total. The number of hydrogen-bond donors (Lipinski definition) is 3. The Balaban J connectivity index is 4.08. The molecule has 5 heteroatoms. The molecule has 0 aliphatic heterocycles. The van der Waals surface area contributed by atoms with Gasteiger partial charge in [0.25, 0.3) is 0 Å². The minimum absolute atomic E-state index is 0.152. The van der Waals surface area contributed by atoms with E-state index in [1.165, 1.54) is 0 Å². The molecule has 3 N–H and O–H groups in total. The first-order valence-corrected chi connectivity index (χ1v) is 5.58. The molecule has 0 unspecified atom stereocenters. The van der Waals surface area contributed by atoms with E-state index in [9.17, 15) is 9.59 Å². The third-order valence-corrected chi connectivity index (χ3v) is 2.01. The number of carbonyl (C=O) groups excluding carboxylic acids is 1. The topological polar surface area (TPSA) is 78.4 Å². The Bertz CT molecular complexity index is 239. The van der Waals surface area contributed by atoms with Crippen molar-refractivity contribution in [1.29, 1.82) is 0 Å². The quantitative estimate of drug-likeness (QED) is 0.598. The summed E-state index contributed by atoms with van der Waals surface area (Å²) in [4.78, 5) is 22.3. The summed E-state index contributed by atoms with van der Waals surface area (Å²) >= 11 is 0. The molecule has 0 fully saturated rings. The molecule has 1 amide bonds. The SMILES string of the molecule is CC(C)C[C@@H](NC(=O)CNC(C)C)C(=O)O. The Morgan fingerprint density at radius 1 is 1.19 bits per heavy atom. The van der Waals surface area contributed by atoms with Crippen LogP contribution in [-0.2, 0) is 9.59 Å². The highest BCUT2D eigenvalue weighted by Gasteiger charge is 2.20. The lowest BCUT2D eigenvalue weighted by Gasteiger charge is -2.17. The van der Waals surface area contributed by atoms with Gasteiger partial charge in [-0.2, -0.15) is 0 Å². The summed E-state index contributed by atoms with van der Waals surface area (Å²) in [6.07, 6.45) is 0.447. The Labute approximate surface area is 96.6 Å². The average molecular weight is 230 g/mol. The van der Waals surface area contributed by atoms with Crippen LogP contribution in [-0.4, -0.2) is 35.6 Å². The molecule has 1 atom stereocenters. The number of rotatable bonds is 7. The van der Waals surface area contributed by atoms with E-state index in [2.05, 4.69) is 10.6 Å². The number of carboxylic acid groups (broad SMARTS) is 1. The molecule has 0 radical (unpaired) electrons. The number of hydrogen-bond acceptors (Lipinski definition) is 3. The predicted molar refractivity (Wildman–Crippen MR) is 62.2 cm³/mol. The fourth-order valence-corrected chi connectivity index (χ4v) is 1.24. The van der Waals surface area contributed by atoms with Gasteiger partial charge in [0.1, 0.15) is 6.04 Å². The Morgan fingerprint density at radius 3 is 2.12 bits per heavy atom. The van der Waals surface area contributed by atoms with Crippen molar-refractivity contribution in [2.24, 2.45) is 5.92 Å². The molecule has 0 saturated heterocycles. The van der Waals surface area contributed by atoms with Gasteiger partial charge in [-0.05, 0) is 12.3 Å². The van der Waals surface area contributed by atoms with E-state index in [1.54, 1.807) is 0 Å². The summed E-state index contributed by atoms with van der Waals surface area (Å²) in [5, 5.41) is 14.4. The lowest BCUT2D eigenvalue weighted by molar-refractivity contribution is -0.142. The highest BCUT2D eigenvalue weighted by atomic mass is 16.4. The smallest absolute Gasteiger partial charge is 0.326 e. The van der Waals surface area contributed by atoms with E-state index in [1.807, 2.05) is 27.7 Å². The normalized spacial score (nSPS) is 12.9. The van der Waals surface area contributed by atoms with Crippen molar-refractivity contribution in [1.82, 2.24) is 10.6 Å². The van der Waals surface area contributed by atoms with Crippen molar-refractivity contribution in [2.75, 3.05) is 6.54 Å². The largest absolute Gasteiger partial charge is 0.480 e. The second kappa shape index (κ2) is 7.22. The van der Waals surface area contributed by atoms with E-state index in [0.29, 0.717) is 6.42 Å². The van der Waals surface area contributed by atoms with E-state index in [-0.39, 0.29) is 24.4 Å². The number of carboxylic acids is 1. The molecule has 0 bridgehead atoms. The van der Waals surface area contributed by atoms with Crippen LogP contribution in [0.3, 0.4) is 0 Å². The Morgan fingerprint density at radius 2 is 1.75 bits per heavy atom. The van der Waals surface area contributed by atoms with Crippen molar-refractivity contribution in [3.05, 3.63) is 0 Å². The van der Waals surface area contributed by atoms with Gasteiger partial charge in [-0.15, -0.1) is 0 Å². The first kappa shape index (κ1) is 14.9. The summed E-state index contributed by atoms with van der Waals surface area (Å²) in [5.74, 6) is -1.02. The maximum absolute atomic E-state index is 11.4. The van der Waals surface area contributed by atoms with Crippen LogP contribution in [0.5, 0.6) is 0 Å². The fraction of sp³-hybridized carbons (Fsp3) is 0.818. The summed E-state index contributed by atoms with van der Waals surface area (Å²) in [5.41, 5.74) is 0. The van der Waals surface area contributed by atoms with E-state index in [0.717, 1.165) is 0 Å². The van der Waals surface area contributed by atoms with Crippen LogP contribution < -0.4 is 10.6 Å². The number of carbonyl (C=O) groups is 2. The third kappa shape index (κ3) is 7.23. The van der Waals surface area contributed by atoms with Gasteiger partial charge in [0, 0.05) is 6.04 Å². The van der Waals surface area contributed by atoms with Gasteiger partial charge in [-0.3, -0.25) is 4.79 Å². The van der Waals surface area contributed by atoms with Crippen LogP contribution in [0.4, 0.5) is 0 Å². The van der Waals surface area contributed by atoms with Crippen molar-refractivity contribution in [2.45, 2.75) is 46.2 Å². The van der Waals surface area contributed by atoms with Gasteiger partial charge in [0.05, 0.1) is 6.54 Å². The molecule has 0 heterocycles. The number of aliphatic carboxylic acids is 1. The molecule has 0 aromatic heterocycles. The lowest BCUT2D eigenvalue weighted by Crippen LogP contribution is -2.46. The van der Waals surface area contributed by atoms with Crippen LogP contribution in [0, 0.1) is 5.92 Å². The molecule has 0 aliphatic carbocycles. The molecule has 94 valence electrons. The fourth-order valence-electron chi connectivity index (χ4n) is 1.24. The van der Waals surface area contributed by atoms with Crippen LogP contribution >= 0.6 is 0 Å². The standard InChI is InChI=1S/C11H22N2O3/c1-7(2)5-9(11(15)16)13-10(14)6-12-8(3)4/h7-9,12H,5-6H2,1-4H3,(H,13,14)(H,15,16)/t9-/m1/s1. The van der Waals surface area contributed by atoms with Gasteiger partial charge < -0.3 is 15.7 Å². The molecule has 0 aromatic carbocycles. The average Bonchev–Trinajstić information content (AvgIpc) is 2.12. The molecule has 16 heavy (non-hydrogen) atoms. The lowest BCUT2D eigenvalue weighted by atomic mass is 10.0. The Hall–Kier alpha value is -1.10. The van der Waals surface area contributed by atoms with Gasteiger partial charge in [-0.25, -0.2) is 4.79 Å².